The zero-order valence-corrected chi connectivity index (χ0v) is 11.8. The molecule has 1 atom stereocenters. The molecule has 0 saturated heterocycles. The Morgan fingerprint density at radius 3 is 3.05 bits per heavy atom. The first-order chi connectivity index (χ1) is 10.3. The molecule has 1 N–H and O–H groups in total. The van der Waals surface area contributed by atoms with Crippen molar-refractivity contribution < 1.29 is 14.4 Å². The fourth-order valence-corrected chi connectivity index (χ4v) is 2.89. The molecule has 110 valence electrons. The number of hydrogen-bond donors (Lipinski definition) is 1. The molecule has 5 nitrogen and oxygen atoms in total. The van der Waals surface area contributed by atoms with Crippen LogP contribution in [0.25, 0.3) is 0 Å². The molecule has 0 spiro atoms. The molecule has 2 aromatic rings. The van der Waals surface area contributed by atoms with Crippen molar-refractivity contribution in [3.05, 3.63) is 41.0 Å². The molecule has 1 unspecified atom stereocenters. The second-order valence-electron chi connectivity index (χ2n) is 5.84. The number of aliphatic hydroxyl groups is 1. The van der Waals surface area contributed by atoms with E-state index < -0.39 is 0 Å². The van der Waals surface area contributed by atoms with Gasteiger partial charge in [-0.2, -0.15) is 4.98 Å². The zero-order valence-electron chi connectivity index (χ0n) is 11.8. The molecule has 1 heterocycles. The Kier molecular flexibility index (Phi) is 3.15. The van der Waals surface area contributed by atoms with Gasteiger partial charge in [-0.3, -0.25) is 0 Å². The summed E-state index contributed by atoms with van der Waals surface area (Å²) >= 11 is 0. The van der Waals surface area contributed by atoms with E-state index in [1.807, 2.05) is 18.2 Å². The minimum atomic E-state index is -0.371. The molecule has 2 aliphatic rings. The number of ether oxygens (including phenoxy) is 1. The summed E-state index contributed by atoms with van der Waals surface area (Å²) in [5.41, 5.74) is 2.10. The normalized spacial score (nSPS) is 21.1. The first-order valence-electron chi connectivity index (χ1n) is 7.56. The lowest BCUT2D eigenvalue weighted by Crippen LogP contribution is -2.11. The van der Waals surface area contributed by atoms with E-state index in [1.165, 1.54) is 0 Å². The maximum Gasteiger partial charge on any atom is 0.229 e. The predicted molar refractivity (Wildman–Crippen MR) is 74.9 cm³/mol. The van der Waals surface area contributed by atoms with Crippen LogP contribution in [-0.4, -0.2) is 15.2 Å². The van der Waals surface area contributed by atoms with Gasteiger partial charge >= 0.3 is 0 Å². The van der Waals surface area contributed by atoms with E-state index in [2.05, 4.69) is 10.1 Å². The molecular formula is C16H18N2O3. The summed E-state index contributed by atoms with van der Waals surface area (Å²) in [5.74, 6) is 2.61. The van der Waals surface area contributed by atoms with Crippen molar-refractivity contribution in [2.45, 2.75) is 50.7 Å². The largest absolute Gasteiger partial charge is 0.485 e. The van der Waals surface area contributed by atoms with Crippen LogP contribution in [-0.2, 0) is 13.0 Å². The Hall–Kier alpha value is -1.88. The molecule has 1 aromatic carbocycles. The monoisotopic (exact) mass is 286 g/mol. The van der Waals surface area contributed by atoms with Gasteiger partial charge in [-0.1, -0.05) is 17.3 Å². The maximum absolute atomic E-state index is 10.0. The highest BCUT2D eigenvalue weighted by atomic mass is 16.5. The third kappa shape index (κ3) is 2.53. The molecule has 4 rings (SSSR count). The van der Waals surface area contributed by atoms with E-state index in [1.54, 1.807) is 0 Å². The minimum absolute atomic E-state index is 0.308. The van der Waals surface area contributed by atoms with Gasteiger partial charge in [0, 0.05) is 5.92 Å². The first-order valence-corrected chi connectivity index (χ1v) is 7.56. The van der Waals surface area contributed by atoms with Gasteiger partial charge in [0.25, 0.3) is 0 Å². The van der Waals surface area contributed by atoms with Crippen LogP contribution in [0.2, 0.25) is 0 Å². The summed E-state index contributed by atoms with van der Waals surface area (Å²) in [6.07, 6.45) is 4.68. The van der Waals surface area contributed by atoms with Gasteiger partial charge in [-0.15, -0.1) is 0 Å². The molecule has 21 heavy (non-hydrogen) atoms. The zero-order chi connectivity index (χ0) is 14.2. The summed E-state index contributed by atoms with van der Waals surface area (Å²) in [6, 6.07) is 5.85. The van der Waals surface area contributed by atoms with Gasteiger partial charge in [0.1, 0.15) is 5.75 Å². The van der Waals surface area contributed by atoms with E-state index in [-0.39, 0.29) is 6.10 Å². The fourth-order valence-electron chi connectivity index (χ4n) is 2.89. The minimum Gasteiger partial charge on any atom is -0.485 e. The first kappa shape index (κ1) is 12.8. The van der Waals surface area contributed by atoms with Crippen molar-refractivity contribution in [2.75, 3.05) is 0 Å². The third-order valence-corrected chi connectivity index (χ3v) is 4.20. The van der Waals surface area contributed by atoms with Crippen molar-refractivity contribution in [2.24, 2.45) is 0 Å². The SMILES string of the molecule is OC1CCCc2c(OCc3noc(C4CC4)n3)cccc21. The lowest BCUT2D eigenvalue weighted by molar-refractivity contribution is 0.155. The van der Waals surface area contributed by atoms with Gasteiger partial charge in [0.15, 0.2) is 6.61 Å². The maximum atomic E-state index is 10.0. The molecule has 5 heteroatoms. The lowest BCUT2D eigenvalue weighted by Gasteiger charge is -2.23. The number of fused-ring (bicyclic) bond motifs is 1. The fraction of sp³-hybridized carbons (Fsp3) is 0.500. The summed E-state index contributed by atoms with van der Waals surface area (Å²) in [7, 11) is 0. The summed E-state index contributed by atoms with van der Waals surface area (Å²) < 4.78 is 11.1. The molecule has 1 aromatic heterocycles. The molecule has 1 fully saturated rings. The third-order valence-electron chi connectivity index (χ3n) is 4.20. The summed E-state index contributed by atoms with van der Waals surface area (Å²) in [5, 5.41) is 14.0. The number of aliphatic hydroxyl groups excluding tert-OH is 1. The Balaban J connectivity index is 1.50. The van der Waals surface area contributed by atoms with Gasteiger partial charge in [-0.05, 0) is 49.3 Å². The Morgan fingerprint density at radius 2 is 2.19 bits per heavy atom. The van der Waals surface area contributed by atoms with Gasteiger partial charge in [0.2, 0.25) is 11.7 Å². The summed E-state index contributed by atoms with van der Waals surface area (Å²) in [6.45, 7) is 0.308. The quantitative estimate of drug-likeness (QED) is 0.936. The second kappa shape index (κ2) is 5.15. The number of rotatable bonds is 4. The molecule has 0 radical (unpaired) electrons. The summed E-state index contributed by atoms with van der Waals surface area (Å²) in [4.78, 5) is 4.36. The van der Waals surface area contributed by atoms with Crippen molar-refractivity contribution in [1.82, 2.24) is 10.1 Å². The van der Waals surface area contributed by atoms with Crippen LogP contribution in [0.4, 0.5) is 0 Å². The van der Waals surface area contributed by atoms with Crippen molar-refractivity contribution in [3.8, 4) is 5.75 Å². The van der Waals surface area contributed by atoms with Crippen molar-refractivity contribution in [3.63, 3.8) is 0 Å². The van der Waals surface area contributed by atoms with Crippen LogP contribution >= 0.6 is 0 Å². The van der Waals surface area contributed by atoms with Crippen molar-refractivity contribution in [1.29, 1.82) is 0 Å². The highest BCUT2D eigenvalue weighted by Crippen LogP contribution is 2.39. The average Bonchev–Trinajstić information content (AvgIpc) is 3.25. The van der Waals surface area contributed by atoms with Gasteiger partial charge < -0.3 is 14.4 Å². The van der Waals surface area contributed by atoms with Crippen LogP contribution in [0, 0.1) is 0 Å². The van der Waals surface area contributed by atoms with Crippen LogP contribution < -0.4 is 4.74 Å². The molecule has 1 saturated carbocycles. The number of nitrogens with zero attached hydrogens (tertiary/aromatic N) is 2. The van der Waals surface area contributed by atoms with E-state index in [4.69, 9.17) is 9.26 Å². The Morgan fingerprint density at radius 1 is 1.29 bits per heavy atom. The number of aromatic nitrogens is 2. The van der Waals surface area contributed by atoms with Crippen molar-refractivity contribution >= 4 is 0 Å². The van der Waals surface area contributed by atoms with E-state index in [9.17, 15) is 5.11 Å². The van der Waals surface area contributed by atoms with E-state index in [0.717, 1.165) is 54.9 Å². The number of benzene rings is 1. The van der Waals surface area contributed by atoms with Crippen LogP contribution in [0.5, 0.6) is 5.75 Å². The average molecular weight is 286 g/mol. The predicted octanol–water partition coefficient (Wildman–Crippen LogP) is 2.90. The highest BCUT2D eigenvalue weighted by Gasteiger charge is 2.29. The number of hydrogen-bond acceptors (Lipinski definition) is 5. The smallest absolute Gasteiger partial charge is 0.229 e. The van der Waals surface area contributed by atoms with Gasteiger partial charge in [0.05, 0.1) is 6.10 Å². The molecular weight excluding hydrogens is 268 g/mol. The second-order valence-corrected chi connectivity index (χ2v) is 5.84. The highest BCUT2D eigenvalue weighted by molar-refractivity contribution is 5.42. The van der Waals surface area contributed by atoms with Crippen LogP contribution in [0.1, 0.15) is 60.5 Å². The van der Waals surface area contributed by atoms with E-state index in [0.29, 0.717) is 18.3 Å². The van der Waals surface area contributed by atoms with Crippen LogP contribution in [0.3, 0.4) is 0 Å². The van der Waals surface area contributed by atoms with E-state index >= 15 is 0 Å². The molecule has 2 aliphatic carbocycles. The molecule has 0 bridgehead atoms. The molecule has 0 aliphatic heterocycles. The topological polar surface area (TPSA) is 68.4 Å². The van der Waals surface area contributed by atoms with Crippen LogP contribution in [0.15, 0.2) is 22.7 Å². The molecule has 0 amide bonds. The Labute approximate surface area is 122 Å². The lowest BCUT2D eigenvalue weighted by atomic mass is 9.89. The van der Waals surface area contributed by atoms with Gasteiger partial charge in [-0.25, -0.2) is 0 Å². The Bertz CT molecular complexity index is 649. The standard InChI is InChI=1S/C16H18N2O3/c19-13-5-1-4-12-11(13)3-2-6-14(12)20-9-15-17-16(21-18-15)10-7-8-10/h2-3,6,10,13,19H,1,4-5,7-9H2.